The molecule has 1 saturated carbocycles. The molecule has 2 heterocycles. The average molecular weight is 273 g/mol. The Bertz CT molecular complexity index is 280. The van der Waals surface area contributed by atoms with Gasteiger partial charge < -0.3 is 10.6 Å². The molecule has 0 radical (unpaired) electrons. The van der Waals surface area contributed by atoms with Crippen molar-refractivity contribution in [3.8, 4) is 0 Å². The van der Waals surface area contributed by atoms with Gasteiger partial charge >= 0.3 is 0 Å². The van der Waals surface area contributed by atoms with Gasteiger partial charge in [-0.3, -0.25) is 4.79 Å². The van der Waals surface area contributed by atoms with E-state index in [1.165, 1.54) is 51.4 Å². The number of carbonyl (C=O) groups excluding carboxylic acids is 1. The van der Waals surface area contributed by atoms with Crippen molar-refractivity contribution in [3.05, 3.63) is 0 Å². The van der Waals surface area contributed by atoms with E-state index in [1.54, 1.807) is 0 Å². The van der Waals surface area contributed by atoms with Gasteiger partial charge in [-0.15, -0.1) is 12.4 Å². The van der Waals surface area contributed by atoms with Gasteiger partial charge in [0.05, 0.1) is 0 Å². The molecule has 3 nitrogen and oxygen atoms in total. The zero-order valence-electron chi connectivity index (χ0n) is 11.0. The molecule has 104 valence electrons. The maximum absolute atomic E-state index is 12.0. The summed E-state index contributed by atoms with van der Waals surface area (Å²) in [6.07, 6.45) is 10.8. The Morgan fingerprint density at radius 2 is 1.67 bits per heavy atom. The van der Waals surface area contributed by atoms with Gasteiger partial charge in [-0.25, -0.2) is 0 Å². The minimum absolute atomic E-state index is 0. The molecular formula is C14H25ClN2O. The summed E-state index contributed by atoms with van der Waals surface area (Å²) in [4.78, 5) is 12.0. The number of piperidine rings is 1. The number of fused-ring (bicyclic) bond motifs is 2. The molecule has 2 saturated heterocycles. The SMILES string of the molecule is Cl.O=C(CC1CC2CCC(C1)N2)NC1CCCC1. The Kier molecular flexibility index (Phi) is 4.91. The van der Waals surface area contributed by atoms with Gasteiger partial charge in [0.15, 0.2) is 0 Å². The Balaban J connectivity index is 0.00000120. The smallest absolute Gasteiger partial charge is 0.220 e. The monoisotopic (exact) mass is 272 g/mol. The predicted octanol–water partition coefficient (Wildman–Crippen LogP) is 2.39. The molecule has 2 atom stereocenters. The molecule has 2 bridgehead atoms. The second-order valence-electron chi connectivity index (χ2n) is 6.23. The first kappa shape index (κ1) is 14.1. The number of carbonyl (C=O) groups is 1. The highest BCUT2D eigenvalue weighted by Gasteiger charge is 2.34. The molecule has 2 N–H and O–H groups in total. The van der Waals surface area contributed by atoms with Crippen molar-refractivity contribution in [1.29, 1.82) is 0 Å². The lowest BCUT2D eigenvalue weighted by atomic mass is 9.89. The molecule has 0 aromatic heterocycles. The molecule has 3 aliphatic rings. The van der Waals surface area contributed by atoms with Crippen molar-refractivity contribution in [2.24, 2.45) is 5.92 Å². The van der Waals surface area contributed by atoms with Crippen LogP contribution in [0.3, 0.4) is 0 Å². The summed E-state index contributed by atoms with van der Waals surface area (Å²) in [6, 6.07) is 1.90. The molecule has 4 heteroatoms. The van der Waals surface area contributed by atoms with Crippen molar-refractivity contribution in [3.63, 3.8) is 0 Å². The molecule has 3 rings (SSSR count). The first-order valence-electron chi connectivity index (χ1n) is 7.35. The highest BCUT2D eigenvalue weighted by atomic mass is 35.5. The fraction of sp³-hybridized carbons (Fsp3) is 0.929. The van der Waals surface area contributed by atoms with Crippen LogP contribution in [0.15, 0.2) is 0 Å². The van der Waals surface area contributed by atoms with Crippen LogP contribution in [0.25, 0.3) is 0 Å². The predicted molar refractivity (Wildman–Crippen MR) is 74.9 cm³/mol. The van der Waals surface area contributed by atoms with E-state index in [4.69, 9.17) is 0 Å². The molecule has 1 amide bonds. The Hall–Kier alpha value is -0.280. The van der Waals surface area contributed by atoms with Gasteiger partial charge in [-0.05, 0) is 44.4 Å². The lowest BCUT2D eigenvalue weighted by molar-refractivity contribution is -0.122. The van der Waals surface area contributed by atoms with Crippen LogP contribution < -0.4 is 10.6 Å². The van der Waals surface area contributed by atoms with E-state index in [1.807, 2.05) is 0 Å². The quantitative estimate of drug-likeness (QED) is 0.828. The van der Waals surface area contributed by atoms with Crippen LogP contribution in [0.1, 0.15) is 57.8 Å². The number of hydrogen-bond donors (Lipinski definition) is 2. The fourth-order valence-corrected chi connectivity index (χ4v) is 3.96. The average Bonchev–Trinajstić information content (AvgIpc) is 2.89. The third-order valence-electron chi connectivity index (χ3n) is 4.77. The largest absolute Gasteiger partial charge is 0.353 e. The van der Waals surface area contributed by atoms with E-state index in [-0.39, 0.29) is 12.4 Å². The molecule has 1 aliphatic carbocycles. The van der Waals surface area contributed by atoms with Gasteiger partial charge in [-0.2, -0.15) is 0 Å². The molecule has 3 fully saturated rings. The molecule has 0 aromatic rings. The number of hydrogen-bond acceptors (Lipinski definition) is 2. The first-order valence-corrected chi connectivity index (χ1v) is 7.35. The topological polar surface area (TPSA) is 41.1 Å². The van der Waals surface area contributed by atoms with Crippen molar-refractivity contribution < 1.29 is 4.79 Å². The van der Waals surface area contributed by atoms with Crippen LogP contribution in [-0.4, -0.2) is 24.0 Å². The van der Waals surface area contributed by atoms with Crippen molar-refractivity contribution in [2.75, 3.05) is 0 Å². The summed E-state index contributed by atoms with van der Waals surface area (Å²) in [7, 11) is 0. The van der Waals surface area contributed by atoms with Crippen LogP contribution in [0.4, 0.5) is 0 Å². The van der Waals surface area contributed by atoms with E-state index < -0.39 is 0 Å². The van der Waals surface area contributed by atoms with Crippen LogP contribution >= 0.6 is 12.4 Å². The zero-order chi connectivity index (χ0) is 11.7. The van der Waals surface area contributed by atoms with Gasteiger partial charge in [0.1, 0.15) is 0 Å². The molecule has 0 spiro atoms. The summed E-state index contributed by atoms with van der Waals surface area (Å²) >= 11 is 0. The number of amides is 1. The number of nitrogens with one attached hydrogen (secondary N) is 2. The molecular weight excluding hydrogens is 248 g/mol. The van der Waals surface area contributed by atoms with Gasteiger partial charge in [0.25, 0.3) is 0 Å². The second-order valence-corrected chi connectivity index (χ2v) is 6.23. The second kappa shape index (κ2) is 6.25. The van der Waals surface area contributed by atoms with Crippen molar-refractivity contribution in [2.45, 2.75) is 75.9 Å². The van der Waals surface area contributed by atoms with Gasteiger partial charge in [0, 0.05) is 24.5 Å². The molecule has 2 aliphatic heterocycles. The van der Waals surface area contributed by atoms with Crippen LogP contribution in [0, 0.1) is 5.92 Å². The van der Waals surface area contributed by atoms with Crippen LogP contribution in [0.2, 0.25) is 0 Å². The summed E-state index contributed by atoms with van der Waals surface area (Å²) < 4.78 is 0. The highest BCUT2D eigenvalue weighted by molar-refractivity contribution is 5.85. The van der Waals surface area contributed by atoms with Crippen LogP contribution in [0.5, 0.6) is 0 Å². The molecule has 0 aromatic carbocycles. The van der Waals surface area contributed by atoms with E-state index >= 15 is 0 Å². The minimum Gasteiger partial charge on any atom is -0.353 e. The van der Waals surface area contributed by atoms with Crippen molar-refractivity contribution >= 4 is 18.3 Å². The number of rotatable bonds is 3. The lowest BCUT2D eigenvalue weighted by Crippen LogP contribution is -2.40. The minimum atomic E-state index is 0. The van der Waals surface area contributed by atoms with Crippen LogP contribution in [-0.2, 0) is 4.79 Å². The van der Waals surface area contributed by atoms with Crippen molar-refractivity contribution in [1.82, 2.24) is 10.6 Å². The Labute approximate surface area is 116 Å². The molecule has 18 heavy (non-hydrogen) atoms. The van der Waals surface area contributed by atoms with E-state index in [2.05, 4.69) is 10.6 Å². The van der Waals surface area contributed by atoms with E-state index in [0.29, 0.717) is 30.0 Å². The van der Waals surface area contributed by atoms with Gasteiger partial charge in [-0.1, -0.05) is 12.8 Å². The third kappa shape index (κ3) is 3.39. The maximum Gasteiger partial charge on any atom is 0.220 e. The standard InChI is InChI=1S/C14H24N2O.ClH/c17-14(16-11-3-1-2-4-11)9-10-7-12-5-6-13(8-10)15-12;/h10-13,15H,1-9H2,(H,16,17);1H. The third-order valence-corrected chi connectivity index (χ3v) is 4.77. The summed E-state index contributed by atoms with van der Waals surface area (Å²) in [5.74, 6) is 0.943. The maximum atomic E-state index is 12.0. The highest BCUT2D eigenvalue weighted by Crippen LogP contribution is 2.32. The first-order chi connectivity index (χ1) is 8.29. The lowest BCUT2D eigenvalue weighted by Gasteiger charge is -2.29. The summed E-state index contributed by atoms with van der Waals surface area (Å²) in [5.41, 5.74) is 0. The summed E-state index contributed by atoms with van der Waals surface area (Å²) in [5, 5.41) is 6.85. The van der Waals surface area contributed by atoms with E-state index in [9.17, 15) is 4.79 Å². The normalized spacial score (nSPS) is 35.2. The summed E-state index contributed by atoms with van der Waals surface area (Å²) in [6.45, 7) is 0. The molecule has 2 unspecified atom stereocenters. The zero-order valence-corrected chi connectivity index (χ0v) is 11.8. The van der Waals surface area contributed by atoms with Gasteiger partial charge in [0.2, 0.25) is 5.91 Å². The Morgan fingerprint density at radius 1 is 1.06 bits per heavy atom. The number of halogens is 1. The van der Waals surface area contributed by atoms with E-state index in [0.717, 1.165) is 6.42 Å². The Morgan fingerprint density at radius 3 is 2.28 bits per heavy atom. The fourth-order valence-electron chi connectivity index (χ4n) is 3.96.